The molecule has 14 heavy (non-hydrogen) atoms. The molecule has 0 saturated carbocycles. The van der Waals surface area contributed by atoms with Gasteiger partial charge in [0.1, 0.15) is 11.6 Å². The average molecular weight is 193 g/mol. The maximum absolute atomic E-state index is 9.53. The van der Waals surface area contributed by atoms with Crippen molar-refractivity contribution in [2.75, 3.05) is 5.73 Å². The third kappa shape index (κ3) is 1.29. The van der Waals surface area contributed by atoms with Gasteiger partial charge in [-0.1, -0.05) is 6.92 Å². The van der Waals surface area contributed by atoms with E-state index in [9.17, 15) is 5.11 Å². The highest BCUT2D eigenvalue weighted by Crippen LogP contribution is 2.18. The second-order valence-corrected chi connectivity index (χ2v) is 2.99. The molecule has 0 spiro atoms. The summed E-state index contributed by atoms with van der Waals surface area (Å²) in [6, 6.07) is 0. The quantitative estimate of drug-likeness (QED) is 0.640. The van der Waals surface area contributed by atoms with E-state index in [1.807, 2.05) is 6.92 Å². The molecule has 0 radical (unpaired) electrons. The third-order valence-electron chi connectivity index (χ3n) is 2.02. The Bertz CT molecular complexity index is 452. The summed E-state index contributed by atoms with van der Waals surface area (Å²) in [6.07, 6.45) is 1.37. The molecule has 2 aromatic heterocycles. The van der Waals surface area contributed by atoms with Gasteiger partial charge in [-0.25, -0.2) is 15.0 Å². The van der Waals surface area contributed by atoms with E-state index in [4.69, 9.17) is 5.73 Å². The van der Waals surface area contributed by atoms with Gasteiger partial charge in [-0.15, -0.1) is 0 Å². The number of aliphatic hydroxyl groups excluding tert-OH is 1. The first-order chi connectivity index (χ1) is 6.72. The number of nitrogens with zero attached hydrogens (tertiary/aromatic N) is 3. The van der Waals surface area contributed by atoms with E-state index >= 15 is 0 Å². The molecule has 0 bridgehead atoms. The lowest BCUT2D eigenvalue weighted by molar-refractivity contribution is 0.164. The number of nitrogen functional groups attached to an aromatic ring is 1. The third-order valence-corrected chi connectivity index (χ3v) is 2.02. The lowest BCUT2D eigenvalue weighted by atomic mass is 10.2. The number of hydrogen-bond donors (Lipinski definition) is 3. The number of aromatic nitrogens is 4. The largest absolute Gasteiger partial charge is 0.385 e. The van der Waals surface area contributed by atoms with Gasteiger partial charge in [0.2, 0.25) is 0 Å². The van der Waals surface area contributed by atoms with Crippen LogP contribution in [-0.2, 0) is 0 Å². The molecule has 74 valence electrons. The topological polar surface area (TPSA) is 101 Å². The molecule has 0 aliphatic carbocycles. The SMILES string of the molecule is CCC(O)c1nc(N)c2[nH]cnc2n1. The minimum atomic E-state index is -0.682. The first-order valence-electron chi connectivity index (χ1n) is 4.37. The molecule has 0 fully saturated rings. The minimum absolute atomic E-state index is 0.315. The number of H-pyrrole nitrogens is 1. The summed E-state index contributed by atoms with van der Waals surface area (Å²) in [4.78, 5) is 14.9. The van der Waals surface area contributed by atoms with Crippen LogP contribution >= 0.6 is 0 Å². The smallest absolute Gasteiger partial charge is 0.183 e. The number of rotatable bonds is 2. The number of imidazole rings is 1. The summed E-state index contributed by atoms with van der Waals surface area (Å²) in [7, 11) is 0. The molecule has 1 atom stereocenters. The first kappa shape index (κ1) is 8.89. The van der Waals surface area contributed by atoms with Crippen molar-refractivity contribution in [2.24, 2.45) is 0 Å². The highest BCUT2D eigenvalue weighted by atomic mass is 16.3. The van der Waals surface area contributed by atoms with Crippen molar-refractivity contribution >= 4 is 17.0 Å². The summed E-state index contributed by atoms with van der Waals surface area (Å²) in [5.74, 6) is 0.639. The molecule has 0 aliphatic heterocycles. The number of hydrogen-bond acceptors (Lipinski definition) is 5. The van der Waals surface area contributed by atoms with Crippen molar-refractivity contribution in [1.82, 2.24) is 19.9 Å². The summed E-state index contributed by atoms with van der Waals surface area (Å²) >= 11 is 0. The number of aromatic amines is 1. The van der Waals surface area contributed by atoms with Crippen LogP contribution in [0.15, 0.2) is 6.33 Å². The molecule has 6 heteroatoms. The van der Waals surface area contributed by atoms with Crippen LogP contribution in [0.3, 0.4) is 0 Å². The number of fused-ring (bicyclic) bond motifs is 1. The van der Waals surface area contributed by atoms with E-state index in [0.29, 0.717) is 29.2 Å². The Morgan fingerprint density at radius 3 is 3.07 bits per heavy atom. The van der Waals surface area contributed by atoms with E-state index < -0.39 is 6.10 Å². The molecule has 2 rings (SSSR count). The number of nitrogens with two attached hydrogens (primary N) is 1. The first-order valence-corrected chi connectivity index (χ1v) is 4.37. The van der Waals surface area contributed by atoms with Crippen molar-refractivity contribution in [2.45, 2.75) is 19.4 Å². The highest BCUT2D eigenvalue weighted by molar-refractivity contribution is 5.80. The predicted octanol–water partition coefficient (Wildman–Crippen LogP) is 0.379. The Morgan fingerprint density at radius 2 is 2.36 bits per heavy atom. The van der Waals surface area contributed by atoms with Gasteiger partial charge in [-0.05, 0) is 6.42 Å². The second kappa shape index (κ2) is 3.22. The van der Waals surface area contributed by atoms with E-state index in [1.54, 1.807) is 0 Å². The molecule has 2 heterocycles. The Labute approximate surface area is 80.2 Å². The minimum Gasteiger partial charge on any atom is -0.385 e. The molecule has 0 amide bonds. The van der Waals surface area contributed by atoms with E-state index in [0.717, 1.165) is 0 Å². The molecular formula is C8H11N5O. The van der Waals surface area contributed by atoms with Crippen LogP contribution in [0.5, 0.6) is 0 Å². The van der Waals surface area contributed by atoms with Crippen molar-refractivity contribution in [1.29, 1.82) is 0 Å². The lowest BCUT2D eigenvalue weighted by Gasteiger charge is -2.06. The van der Waals surface area contributed by atoms with Gasteiger partial charge in [0.25, 0.3) is 0 Å². The molecule has 2 aromatic rings. The average Bonchev–Trinajstić information content (AvgIpc) is 2.64. The molecule has 6 nitrogen and oxygen atoms in total. The molecule has 0 aromatic carbocycles. The Hall–Kier alpha value is -1.69. The van der Waals surface area contributed by atoms with Gasteiger partial charge in [-0.3, -0.25) is 0 Å². The summed E-state index contributed by atoms with van der Waals surface area (Å²) < 4.78 is 0. The fourth-order valence-corrected chi connectivity index (χ4v) is 1.20. The van der Waals surface area contributed by atoms with Crippen LogP contribution in [0, 0.1) is 0 Å². The normalized spacial score (nSPS) is 13.3. The number of anilines is 1. The van der Waals surface area contributed by atoms with Crippen LogP contribution in [-0.4, -0.2) is 25.0 Å². The number of nitrogens with one attached hydrogen (secondary N) is 1. The summed E-state index contributed by atoms with van der Waals surface area (Å²) in [5.41, 5.74) is 6.75. The van der Waals surface area contributed by atoms with E-state index in [1.165, 1.54) is 6.33 Å². The Kier molecular flexibility index (Phi) is 2.05. The van der Waals surface area contributed by atoms with Crippen LogP contribution < -0.4 is 5.73 Å². The highest BCUT2D eigenvalue weighted by Gasteiger charge is 2.12. The molecule has 0 aliphatic rings. The zero-order chi connectivity index (χ0) is 10.1. The Balaban J connectivity index is 2.58. The van der Waals surface area contributed by atoms with E-state index in [2.05, 4.69) is 19.9 Å². The van der Waals surface area contributed by atoms with Gasteiger partial charge in [0, 0.05) is 0 Å². The zero-order valence-corrected chi connectivity index (χ0v) is 7.73. The standard InChI is InChI=1S/C8H11N5O/c1-2-4(14)7-12-6(9)5-8(13-7)11-3-10-5/h3-4,14H,2H2,1H3,(H3,9,10,11,12,13). The van der Waals surface area contributed by atoms with Crippen molar-refractivity contribution in [3.05, 3.63) is 12.2 Å². The number of aliphatic hydroxyl groups is 1. The Morgan fingerprint density at radius 1 is 1.57 bits per heavy atom. The summed E-state index contributed by atoms with van der Waals surface area (Å²) in [6.45, 7) is 1.85. The van der Waals surface area contributed by atoms with Crippen molar-refractivity contribution in [3.8, 4) is 0 Å². The molecule has 4 N–H and O–H groups in total. The fourth-order valence-electron chi connectivity index (χ4n) is 1.20. The van der Waals surface area contributed by atoms with Crippen LogP contribution in [0.1, 0.15) is 25.3 Å². The van der Waals surface area contributed by atoms with E-state index in [-0.39, 0.29) is 0 Å². The van der Waals surface area contributed by atoms with Gasteiger partial charge in [-0.2, -0.15) is 0 Å². The van der Waals surface area contributed by atoms with Crippen LogP contribution in [0.25, 0.3) is 11.2 Å². The molecule has 1 unspecified atom stereocenters. The van der Waals surface area contributed by atoms with Gasteiger partial charge in [0.05, 0.1) is 6.33 Å². The fraction of sp³-hybridized carbons (Fsp3) is 0.375. The zero-order valence-electron chi connectivity index (χ0n) is 7.73. The van der Waals surface area contributed by atoms with Crippen LogP contribution in [0.2, 0.25) is 0 Å². The summed E-state index contributed by atoms with van der Waals surface area (Å²) in [5, 5.41) is 9.53. The monoisotopic (exact) mass is 193 g/mol. The van der Waals surface area contributed by atoms with Crippen molar-refractivity contribution in [3.63, 3.8) is 0 Å². The maximum Gasteiger partial charge on any atom is 0.183 e. The molecule has 0 saturated heterocycles. The second-order valence-electron chi connectivity index (χ2n) is 2.99. The van der Waals surface area contributed by atoms with Gasteiger partial charge >= 0.3 is 0 Å². The van der Waals surface area contributed by atoms with Crippen molar-refractivity contribution < 1.29 is 5.11 Å². The van der Waals surface area contributed by atoms with Gasteiger partial charge < -0.3 is 15.8 Å². The predicted molar refractivity (Wildman–Crippen MR) is 51.3 cm³/mol. The van der Waals surface area contributed by atoms with Crippen LogP contribution in [0.4, 0.5) is 5.82 Å². The van der Waals surface area contributed by atoms with Gasteiger partial charge in [0.15, 0.2) is 17.3 Å². The maximum atomic E-state index is 9.53. The molecular weight excluding hydrogens is 182 g/mol. The lowest BCUT2D eigenvalue weighted by Crippen LogP contribution is -2.05.